The highest BCUT2D eigenvalue weighted by Gasteiger charge is 2.11. The Morgan fingerprint density at radius 1 is 0.923 bits per heavy atom. The van der Waals surface area contributed by atoms with Crippen LogP contribution in [0.1, 0.15) is 0 Å². The first-order valence-corrected chi connectivity index (χ1v) is 9.57. The van der Waals surface area contributed by atoms with Crippen LogP contribution >= 0.6 is 22.7 Å². The van der Waals surface area contributed by atoms with Crippen LogP contribution in [0.2, 0.25) is 0 Å². The summed E-state index contributed by atoms with van der Waals surface area (Å²) in [6.45, 7) is 0. The van der Waals surface area contributed by atoms with Crippen molar-refractivity contribution in [2.75, 3.05) is 5.32 Å². The molecule has 0 unspecified atom stereocenters. The Kier molecular flexibility index (Phi) is 3.62. The lowest BCUT2D eigenvalue weighted by Gasteiger charge is -2.06. The van der Waals surface area contributed by atoms with Crippen molar-refractivity contribution in [2.24, 2.45) is 0 Å². The number of thiazole rings is 1. The van der Waals surface area contributed by atoms with E-state index in [0.717, 1.165) is 42.4 Å². The maximum Gasteiger partial charge on any atom is 0.142 e. The van der Waals surface area contributed by atoms with Crippen molar-refractivity contribution in [2.45, 2.75) is 0 Å². The molecule has 3 heterocycles. The summed E-state index contributed by atoms with van der Waals surface area (Å²) >= 11 is 3.18. The second-order valence-corrected chi connectivity index (χ2v) is 7.64. The van der Waals surface area contributed by atoms with Gasteiger partial charge < -0.3 is 5.32 Å². The van der Waals surface area contributed by atoms with E-state index in [2.05, 4.69) is 20.3 Å². The van der Waals surface area contributed by atoms with Gasteiger partial charge in [0.1, 0.15) is 22.8 Å². The number of hydrogen-bond donors (Lipinski definition) is 1. The molecule has 1 N–H and O–H groups in total. The summed E-state index contributed by atoms with van der Waals surface area (Å²) in [5, 5.41) is 4.30. The van der Waals surface area contributed by atoms with Gasteiger partial charge in [-0.2, -0.15) is 0 Å². The number of fused-ring (bicyclic) bond motifs is 2. The van der Waals surface area contributed by atoms with Crippen molar-refractivity contribution in [3.05, 3.63) is 66.2 Å². The quantitative estimate of drug-likeness (QED) is 0.428. The smallest absolute Gasteiger partial charge is 0.142 e. The largest absolute Gasteiger partial charge is 0.340 e. The summed E-state index contributed by atoms with van der Waals surface area (Å²) in [6.07, 6.45) is 1.55. The van der Waals surface area contributed by atoms with Crippen LogP contribution in [0, 0.1) is 5.82 Å². The van der Waals surface area contributed by atoms with E-state index in [4.69, 9.17) is 0 Å². The lowest BCUT2D eigenvalue weighted by Crippen LogP contribution is -1.94. The Balaban J connectivity index is 1.56. The third kappa shape index (κ3) is 2.71. The fraction of sp³-hybridized carbons (Fsp3) is 0. The first kappa shape index (κ1) is 15.4. The van der Waals surface area contributed by atoms with Gasteiger partial charge in [0.25, 0.3) is 0 Å². The molecule has 0 spiro atoms. The monoisotopic (exact) mass is 378 g/mol. The van der Waals surface area contributed by atoms with E-state index in [1.807, 2.05) is 29.8 Å². The molecule has 4 nitrogen and oxygen atoms in total. The molecule has 0 fully saturated rings. The predicted octanol–water partition coefficient (Wildman–Crippen LogP) is 5.85. The molecule has 0 saturated carbocycles. The Hall–Kier alpha value is -2.90. The van der Waals surface area contributed by atoms with Crippen molar-refractivity contribution in [3.8, 4) is 10.4 Å². The zero-order chi connectivity index (χ0) is 17.5. The van der Waals surface area contributed by atoms with Crippen LogP contribution in [-0.4, -0.2) is 15.0 Å². The van der Waals surface area contributed by atoms with E-state index in [9.17, 15) is 4.39 Å². The summed E-state index contributed by atoms with van der Waals surface area (Å²) < 4.78 is 14.3. The van der Waals surface area contributed by atoms with Crippen LogP contribution in [0.15, 0.2) is 60.4 Å². The number of thiophene rings is 1. The standard InChI is InChI=1S/C19H11FN4S2/c20-12-3-1-11(2-4-12)17-8-14-18(21-9-22-19(14)26-17)24-13-5-6-16-15(7-13)23-10-25-16/h1-10H,(H,21,22,24). The van der Waals surface area contributed by atoms with E-state index in [1.165, 1.54) is 12.1 Å². The van der Waals surface area contributed by atoms with Crippen LogP contribution in [0.4, 0.5) is 15.9 Å². The van der Waals surface area contributed by atoms with Gasteiger partial charge in [0.2, 0.25) is 0 Å². The van der Waals surface area contributed by atoms with Crippen molar-refractivity contribution >= 4 is 54.6 Å². The first-order valence-electron chi connectivity index (χ1n) is 7.87. The lowest BCUT2D eigenvalue weighted by molar-refractivity contribution is 0.628. The number of benzene rings is 2. The van der Waals surface area contributed by atoms with Crippen molar-refractivity contribution in [3.63, 3.8) is 0 Å². The second kappa shape index (κ2) is 6.12. The van der Waals surface area contributed by atoms with Crippen molar-refractivity contribution in [1.29, 1.82) is 0 Å². The minimum atomic E-state index is -0.241. The third-order valence-electron chi connectivity index (χ3n) is 4.05. The molecule has 126 valence electrons. The minimum Gasteiger partial charge on any atom is -0.340 e. The van der Waals surface area contributed by atoms with Gasteiger partial charge in [-0.1, -0.05) is 12.1 Å². The Morgan fingerprint density at radius 3 is 2.69 bits per heavy atom. The number of hydrogen-bond acceptors (Lipinski definition) is 6. The topological polar surface area (TPSA) is 50.7 Å². The SMILES string of the molecule is Fc1ccc(-c2cc3c(Nc4ccc5scnc5c4)ncnc3s2)cc1. The number of nitrogens with zero attached hydrogens (tertiary/aromatic N) is 3. The zero-order valence-electron chi connectivity index (χ0n) is 13.3. The maximum atomic E-state index is 13.2. The van der Waals surface area contributed by atoms with Gasteiger partial charge in [0.15, 0.2) is 0 Å². The summed E-state index contributed by atoms with van der Waals surface area (Å²) in [5.41, 5.74) is 4.69. The number of rotatable bonds is 3. The molecule has 26 heavy (non-hydrogen) atoms. The molecule has 7 heteroatoms. The molecule has 0 aliphatic rings. The fourth-order valence-corrected chi connectivity index (χ4v) is 4.45. The van der Waals surface area contributed by atoms with E-state index >= 15 is 0 Å². The highest BCUT2D eigenvalue weighted by atomic mass is 32.1. The lowest BCUT2D eigenvalue weighted by atomic mass is 10.2. The number of anilines is 2. The van der Waals surface area contributed by atoms with E-state index in [1.54, 1.807) is 41.1 Å². The molecule has 0 saturated heterocycles. The van der Waals surface area contributed by atoms with Crippen LogP contribution in [0.25, 0.3) is 30.9 Å². The van der Waals surface area contributed by atoms with Crippen molar-refractivity contribution < 1.29 is 4.39 Å². The van der Waals surface area contributed by atoms with Gasteiger partial charge in [-0.25, -0.2) is 19.3 Å². The van der Waals surface area contributed by atoms with E-state index < -0.39 is 0 Å². The number of aromatic nitrogens is 3. The summed E-state index contributed by atoms with van der Waals surface area (Å²) in [6, 6.07) is 14.6. The van der Waals surface area contributed by atoms with Crippen LogP contribution in [0.3, 0.4) is 0 Å². The average molecular weight is 378 g/mol. The Labute approximate surface area is 156 Å². The summed E-state index contributed by atoms with van der Waals surface area (Å²) in [5.74, 6) is 0.503. The van der Waals surface area contributed by atoms with Gasteiger partial charge in [-0.3, -0.25) is 0 Å². The molecular weight excluding hydrogens is 367 g/mol. The predicted molar refractivity (Wildman–Crippen MR) is 106 cm³/mol. The maximum absolute atomic E-state index is 13.2. The molecule has 0 aliphatic heterocycles. The molecule has 0 aliphatic carbocycles. The summed E-state index contributed by atoms with van der Waals surface area (Å²) in [7, 11) is 0. The van der Waals surface area contributed by atoms with E-state index in [0.29, 0.717) is 0 Å². The highest BCUT2D eigenvalue weighted by molar-refractivity contribution is 7.21. The van der Waals surface area contributed by atoms with Crippen LogP contribution < -0.4 is 5.32 Å². The fourth-order valence-electron chi connectivity index (χ4n) is 2.78. The molecule has 0 amide bonds. The molecule has 3 aromatic heterocycles. The summed E-state index contributed by atoms with van der Waals surface area (Å²) in [4.78, 5) is 15.0. The highest BCUT2D eigenvalue weighted by Crippen LogP contribution is 2.36. The van der Waals surface area contributed by atoms with Gasteiger partial charge in [-0.15, -0.1) is 22.7 Å². The molecule has 0 radical (unpaired) electrons. The van der Waals surface area contributed by atoms with Gasteiger partial charge in [0, 0.05) is 10.6 Å². The molecule has 2 aromatic carbocycles. The van der Waals surface area contributed by atoms with Crippen LogP contribution in [0.5, 0.6) is 0 Å². The average Bonchev–Trinajstić information content (AvgIpc) is 3.29. The normalized spacial score (nSPS) is 11.3. The van der Waals surface area contributed by atoms with Gasteiger partial charge in [-0.05, 0) is 42.0 Å². The first-order chi connectivity index (χ1) is 12.8. The molecule has 5 rings (SSSR count). The van der Waals surface area contributed by atoms with Gasteiger partial charge in [0.05, 0.1) is 21.1 Å². The zero-order valence-corrected chi connectivity index (χ0v) is 14.9. The second-order valence-electron chi connectivity index (χ2n) is 5.72. The Morgan fingerprint density at radius 2 is 1.81 bits per heavy atom. The van der Waals surface area contributed by atoms with E-state index in [-0.39, 0.29) is 5.82 Å². The van der Waals surface area contributed by atoms with Gasteiger partial charge >= 0.3 is 0 Å². The van der Waals surface area contributed by atoms with Crippen LogP contribution in [-0.2, 0) is 0 Å². The third-order valence-corrected chi connectivity index (χ3v) is 5.95. The molecule has 0 bridgehead atoms. The van der Waals surface area contributed by atoms with Crippen molar-refractivity contribution in [1.82, 2.24) is 15.0 Å². The Bertz CT molecular complexity index is 1230. The molecule has 0 atom stereocenters. The number of halogens is 1. The number of nitrogens with one attached hydrogen (secondary N) is 1. The molecular formula is C19H11FN4S2. The molecule has 5 aromatic rings. The minimum absolute atomic E-state index is 0.241.